The van der Waals surface area contributed by atoms with Crippen LogP contribution < -0.4 is 5.32 Å². The van der Waals surface area contributed by atoms with E-state index in [0.717, 1.165) is 50.4 Å². The summed E-state index contributed by atoms with van der Waals surface area (Å²) in [7, 11) is 0. The highest BCUT2D eigenvalue weighted by atomic mass is 16.5. The number of carbonyl (C=O) groups is 1. The van der Waals surface area contributed by atoms with Crippen LogP contribution in [-0.2, 0) is 4.74 Å². The standard InChI is InChI=1S/C21H25N3O2/c1-15(24-10-12-26-13-11-24)16-2-4-17(5-3-16)20-14-18(8-9-22-20)21(25)23-19-6-7-19/h2-5,8-9,14-15,19H,6-7,10-13H2,1H3,(H,23,25)/t15-/m1/s1. The van der Waals surface area contributed by atoms with Crippen molar-refractivity contribution in [1.82, 2.24) is 15.2 Å². The minimum Gasteiger partial charge on any atom is -0.379 e. The van der Waals surface area contributed by atoms with Crippen LogP contribution in [0.2, 0.25) is 0 Å². The van der Waals surface area contributed by atoms with Crippen LogP contribution in [-0.4, -0.2) is 48.1 Å². The number of benzene rings is 1. The van der Waals surface area contributed by atoms with Crippen molar-refractivity contribution in [2.45, 2.75) is 31.8 Å². The van der Waals surface area contributed by atoms with Crippen molar-refractivity contribution in [3.05, 3.63) is 53.7 Å². The van der Waals surface area contributed by atoms with Gasteiger partial charge in [-0.1, -0.05) is 24.3 Å². The summed E-state index contributed by atoms with van der Waals surface area (Å²) in [4.78, 5) is 19.1. The Morgan fingerprint density at radius 2 is 1.92 bits per heavy atom. The molecule has 136 valence electrons. The van der Waals surface area contributed by atoms with Gasteiger partial charge in [0.1, 0.15) is 0 Å². The van der Waals surface area contributed by atoms with Gasteiger partial charge in [0.15, 0.2) is 0 Å². The molecule has 0 radical (unpaired) electrons. The lowest BCUT2D eigenvalue weighted by atomic mass is 10.0. The third-order valence-corrected chi connectivity index (χ3v) is 5.22. The molecule has 1 aliphatic carbocycles. The highest BCUT2D eigenvalue weighted by Crippen LogP contribution is 2.25. The zero-order valence-electron chi connectivity index (χ0n) is 15.1. The first-order valence-electron chi connectivity index (χ1n) is 9.40. The van der Waals surface area contributed by atoms with Crippen LogP contribution in [0.15, 0.2) is 42.6 Å². The fourth-order valence-electron chi connectivity index (χ4n) is 3.33. The van der Waals surface area contributed by atoms with Crippen molar-refractivity contribution in [2.75, 3.05) is 26.3 Å². The summed E-state index contributed by atoms with van der Waals surface area (Å²) in [5.74, 6) is -0.00582. The van der Waals surface area contributed by atoms with Crippen molar-refractivity contribution < 1.29 is 9.53 Å². The molecule has 2 aliphatic rings. The van der Waals surface area contributed by atoms with E-state index in [4.69, 9.17) is 4.74 Å². The van der Waals surface area contributed by atoms with E-state index in [1.54, 1.807) is 12.3 Å². The number of hydrogen-bond acceptors (Lipinski definition) is 4. The normalized spacial score (nSPS) is 19.1. The van der Waals surface area contributed by atoms with Gasteiger partial charge in [0.25, 0.3) is 5.91 Å². The minimum atomic E-state index is -0.00582. The number of rotatable bonds is 5. The van der Waals surface area contributed by atoms with Crippen LogP contribution in [0.4, 0.5) is 0 Å². The van der Waals surface area contributed by atoms with E-state index in [2.05, 4.69) is 46.4 Å². The topological polar surface area (TPSA) is 54.5 Å². The van der Waals surface area contributed by atoms with Crippen molar-refractivity contribution in [1.29, 1.82) is 0 Å². The molecule has 4 rings (SSSR count). The first-order valence-corrected chi connectivity index (χ1v) is 9.40. The quantitative estimate of drug-likeness (QED) is 0.900. The average molecular weight is 351 g/mol. The smallest absolute Gasteiger partial charge is 0.251 e. The average Bonchev–Trinajstić information content (AvgIpc) is 3.52. The van der Waals surface area contributed by atoms with Crippen LogP contribution in [0.5, 0.6) is 0 Å². The van der Waals surface area contributed by atoms with E-state index in [1.807, 2.05) is 6.07 Å². The van der Waals surface area contributed by atoms with E-state index in [-0.39, 0.29) is 5.91 Å². The molecule has 2 fully saturated rings. The first kappa shape index (κ1) is 17.2. The van der Waals surface area contributed by atoms with E-state index < -0.39 is 0 Å². The first-order chi connectivity index (χ1) is 12.7. The summed E-state index contributed by atoms with van der Waals surface area (Å²) in [5.41, 5.74) is 3.83. The van der Waals surface area contributed by atoms with Crippen molar-refractivity contribution in [3.63, 3.8) is 0 Å². The Balaban J connectivity index is 1.48. The molecule has 1 N–H and O–H groups in total. The van der Waals surface area contributed by atoms with E-state index in [0.29, 0.717) is 17.6 Å². The van der Waals surface area contributed by atoms with Gasteiger partial charge in [-0.05, 0) is 37.5 Å². The molecule has 26 heavy (non-hydrogen) atoms. The van der Waals surface area contributed by atoms with Gasteiger partial charge in [0.05, 0.1) is 18.9 Å². The number of aromatic nitrogens is 1. The van der Waals surface area contributed by atoms with Gasteiger partial charge in [-0.3, -0.25) is 14.7 Å². The molecule has 1 amide bonds. The number of hydrogen-bond donors (Lipinski definition) is 1. The van der Waals surface area contributed by atoms with Gasteiger partial charge < -0.3 is 10.1 Å². The molecule has 0 bridgehead atoms. The molecule has 1 saturated carbocycles. The Hall–Kier alpha value is -2.24. The second-order valence-electron chi connectivity index (χ2n) is 7.12. The molecule has 1 aromatic heterocycles. The summed E-state index contributed by atoms with van der Waals surface area (Å²) >= 11 is 0. The Morgan fingerprint density at radius 3 is 2.62 bits per heavy atom. The highest BCUT2D eigenvalue weighted by molar-refractivity contribution is 5.95. The summed E-state index contributed by atoms with van der Waals surface area (Å²) in [5, 5.41) is 3.03. The van der Waals surface area contributed by atoms with Gasteiger partial charge in [-0.2, -0.15) is 0 Å². The van der Waals surface area contributed by atoms with Gasteiger partial charge in [0.2, 0.25) is 0 Å². The molecule has 2 heterocycles. The molecule has 2 aromatic rings. The number of pyridine rings is 1. The second-order valence-corrected chi connectivity index (χ2v) is 7.12. The maximum Gasteiger partial charge on any atom is 0.251 e. The van der Waals surface area contributed by atoms with Crippen LogP contribution in [0.3, 0.4) is 0 Å². The summed E-state index contributed by atoms with van der Waals surface area (Å²) in [6, 6.07) is 12.9. The Labute approximate surface area is 154 Å². The maximum absolute atomic E-state index is 12.2. The fraction of sp³-hybridized carbons (Fsp3) is 0.429. The number of nitrogens with zero attached hydrogens (tertiary/aromatic N) is 2. The number of morpholine rings is 1. The van der Waals surface area contributed by atoms with Crippen molar-refractivity contribution in [3.8, 4) is 11.3 Å². The van der Waals surface area contributed by atoms with Crippen LogP contribution in [0, 0.1) is 0 Å². The molecule has 1 atom stereocenters. The van der Waals surface area contributed by atoms with Gasteiger partial charge in [-0.25, -0.2) is 0 Å². The summed E-state index contributed by atoms with van der Waals surface area (Å²) in [6.07, 6.45) is 3.89. The molecule has 1 saturated heterocycles. The van der Waals surface area contributed by atoms with Crippen LogP contribution in [0.25, 0.3) is 11.3 Å². The van der Waals surface area contributed by atoms with Crippen molar-refractivity contribution in [2.24, 2.45) is 0 Å². The molecular formula is C21H25N3O2. The Bertz CT molecular complexity index is 765. The molecule has 5 nitrogen and oxygen atoms in total. The number of ether oxygens (including phenoxy) is 1. The lowest BCUT2D eigenvalue weighted by Gasteiger charge is -2.32. The van der Waals surface area contributed by atoms with Crippen LogP contribution >= 0.6 is 0 Å². The molecule has 0 spiro atoms. The zero-order valence-corrected chi connectivity index (χ0v) is 15.1. The Morgan fingerprint density at radius 1 is 1.19 bits per heavy atom. The second kappa shape index (κ2) is 7.56. The molecular weight excluding hydrogens is 326 g/mol. The third kappa shape index (κ3) is 3.94. The van der Waals surface area contributed by atoms with Gasteiger partial charge in [-0.15, -0.1) is 0 Å². The summed E-state index contributed by atoms with van der Waals surface area (Å²) in [6.45, 7) is 5.80. The molecule has 0 unspecified atom stereocenters. The number of carbonyl (C=O) groups excluding carboxylic acids is 1. The molecule has 5 heteroatoms. The van der Waals surface area contributed by atoms with Crippen LogP contribution in [0.1, 0.15) is 41.7 Å². The number of nitrogens with one attached hydrogen (secondary N) is 1. The van der Waals surface area contributed by atoms with Crippen molar-refractivity contribution >= 4 is 5.91 Å². The predicted molar refractivity (Wildman–Crippen MR) is 101 cm³/mol. The lowest BCUT2D eigenvalue weighted by Crippen LogP contribution is -2.37. The maximum atomic E-state index is 12.2. The predicted octanol–water partition coefficient (Wildman–Crippen LogP) is 3.03. The van der Waals surface area contributed by atoms with E-state index >= 15 is 0 Å². The lowest BCUT2D eigenvalue weighted by molar-refractivity contribution is 0.0198. The minimum absolute atomic E-state index is 0.00582. The zero-order chi connectivity index (χ0) is 17.9. The highest BCUT2D eigenvalue weighted by Gasteiger charge is 2.24. The fourth-order valence-corrected chi connectivity index (χ4v) is 3.33. The van der Waals surface area contributed by atoms with Gasteiger partial charge in [0, 0.05) is 42.5 Å². The van der Waals surface area contributed by atoms with Gasteiger partial charge >= 0.3 is 0 Å². The largest absolute Gasteiger partial charge is 0.379 e. The molecule has 1 aromatic carbocycles. The van der Waals surface area contributed by atoms with E-state index in [9.17, 15) is 4.79 Å². The SMILES string of the molecule is C[C@H](c1ccc(-c2cc(C(=O)NC3CC3)ccn2)cc1)N1CCOCC1. The third-order valence-electron chi connectivity index (χ3n) is 5.22. The molecule has 1 aliphatic heterocycles. The number of amides is 1. The monoisotopic (exact) mass is 351 g/mol. The van der Waals surface area contributed by atoms with E-state index in [1.165, 1.54) is 5.56 Å². The summed E-state index contributed by atoms with van der Waals surface area (Å²) < 4.78 is 5.44. The Kier molecular flexibility index (Phi) is 5.00.